The van der Waals surface area contributed by atoms with Gasteiger partial charge in [0.15, 0.2) is 5.79 Å². The van der Waals surface area contributed by atoms with E-state index >= 15 is 0 Å². The third-order valence-electron chi connectivity index (χ3n) is 4.59. The number of unbranched alkanes of at least 4 members (excludes halogenated alkanes) is 1. The molecule has 23 heavy (non-hydrogen) atoms. The molecular formula is C20H32O3. The van der Waals surface area contributed by atoms with E-state index in [9.17, 15) is 0 Å². The maximum absolute atomic E-state index is 6.41. The molecule has 0 saturated carbocycles. The lowest BCUT2D eigenvalue weighted by molar-refractivity contribution is -0.337. The van der Waals surface area contributed by atoms with Crippen molar-refractivity contribution < 1.29 is 14.2 Å². The molecule has 1 aromatic rings. The Hall–Kier alpha value is -1.06. The van der Waals surface area contributed by atoms with Crippen molar-refractivity contribution in [2.75, 3.05) is 13.2 Å². The molecule has 2 atom stereocenters. The standard InChI is InChI=1S/C20H32O3/c1-7-8-13-21-17-11-9-16(10-12-17)20(6)22-14-19(4,5)18(23-20)15(2)3/h9-12,15,18H,7-8,13-14H2,1-6H3. The van der Waals surface area contributed by atoms with Gasteiger partial charge in [0.25, 0.3) is 0 Å². The zero-order chi connectivity index (χ0) is 17.1. The van der Waals surface area contributed by atoms with E-state index in [1.807, 2.05) is 19.1 Å². The van der Waals surface area contributed by atoms with E-state index in [0.29, 0.717) is 12.5 Å². The molecule has 3 heteroatoms. The summed E-state index contributed by atoms with van der Waals surface area (Å²) in [7, 11) is 0. The van der Waals surface area contributed by atoms with Gasteiger partial charge in [-0.05, 0) is 43.5 Å². The lowest BCUT2D eigenvalue weighted by Gasteiger charge is -2.49. The van der Waals surface area contributed by atoms with Crippen LogP contribution in [0.1, 0.15) is 59.9 Å². The molecule has 0 spiro atoms. The molecule has 0 amide bonds. The Balaban J connectivity index is 2.10. The predicted molar refractivity (Wildman–Crippen MR) is 93.6 cm³/mol. The Bertz CT molecular complexity index is 492. The average molecular weight is 320 g/mol. The normalized spacial score (nSPS) is 27.2. The van der Waals surface area contributed by atoms with Gasteiger partial charge in [0.05, 0.1) is 19.3 Å². The molecule has 2 rings (SSSR count). The number of hydrogen-bond acceptors (Lipinski definition) is 3. The fourth-order valence-corrected chi connectivity index (χ4v) is 3.22. The van der Waals surface area contributed by atoms with E-state index in [2.05, 4.69) is 46.8 Å². The molecule has 0 radical (unpaired) electrons. The minimum atomic E-state index is -0.688. The van der Waals surface area contributed by atoms with Gasteiger partial charge >= 0.3 is 0 Å². The average Bonchev–Trinajstić information content (AvgIpc) is 2.51. The second-order valence-electron chi connectivity index (χ2n) is 7.73. The maximum atomic E-state index is 6.41. The van der Waals surface area contributed by atoms with E-state index in [-0.39, 0.29) is 11.5 Å². The number of rotatable bonds is 6. The van der Waals surface area contributed by atoms with Crippen LogP contribution < -0.4 is 4.74 Å². The molecule has 1 saturated heterocycles. The summed E-state index contributed by atoms with van der Waals surface area (Å²) in [5.41, 5.74) is 1.07. The van der Waals surface area contributed by atoms with Gasteiger partial charge in [-0.25, -0.2) is 0 Å². The Morgan fingerprint density at radius 3 is 2.39 bits per heavy atom. The second-order valence-corrected chi connectivity index (χ2v) is 7.73. The van der Waals surface area contributed by atoms with E-state index in [1.165, 1.54) is 0 Å². The number of ether oxygens (including phenoxy) is 3. The monoisotopic (exact) mass is 320 g/mol. The van der Waals surface area contributed by atoms with Crippen LogP contribution in [0.25, 0.3) is 0 Å². The van der Waals surface area contributed by atoms with Crippen molar-refractivity contribution in [1.29, 1.82) is 0 Å². The molecular weight excluding hydrogens is 288 g/mol. The third-order valence-corrected chi connectivity index (χ3v) is 4.59. The van der Waals surface area contributed by atoms with Crippen molar-refractivity contribution in [3.05, 3.63) is 29.8 Å². The summed E-state index contributed by atoms with van der Waals surface area (Å²) in [5.74, 6) is 0.666. The van der Waals surface area contributed by atoms with E-state index in [0.717, 1.165) is 30.8 Å². The van der Waals surface area contributed by atoms with Crippen molar-refractivity contribution in [3.63, 3.8) is 0 Å². The van der Waals surface area contributed by atoms with Gasteiger partial charge in [-0.2, -0.15) is 0 Å². The first kappa shape index (κ1) is 18.3. The lowest BCUT2D eigenvalue weighted by atomic mass is 9.80. The number of hydrogen-bond donors (Lipinski definition) is 0. The van der Waals surface area contributed by atoms with Gasteiger partial charge in [0.1, 0.15) is 5.75 Å². The van der Waals surface area contributed by atoms with Crippen LogP contribution in [0.3, 0.4) is 0 Å². The van der Waals surface area contributed by atoms with Crippen LogP contribution in [0.2, 0.25) is 0 Å². The molecule has 0 aliphatic carbocycles. The SMILES string of the molecule is CCCCOc1ccc(C2(C)OCC(C)(C)C(C(C)C)O2)cc1. The molecule has 0 bridgehead atoms. The zero-order valence-corrected chi connectivity index (χ0v) is 15.5. The summed E-state index contributed by atoms with van der Waals surface area (Å²) in [6.45, 7) is 14.5. The molecule has 0 aromatic heterocycles. The van der Waals surface area contributed by atoms with Crippen LogP contribution in [0, 0.1) is 11.3 Å². The lowest BCUT2D eigenvalue weighted by Crippen LogP contribution is -2.52. The van der Waals surface area contributed by atoms with Crippen LogP contribution in [-0.4, -0.2) is 19.3 Å². The molecule has 1 fully saturated rings. The van der Waals surface area contributed by atoms with Crippen LogP contribution >= 0.6 is 0 Å². The first-order valence-electron chi connectivity index (χ1n) is 8.83. The minimum Gasteiger partial charge on any atom is -0.494 e. The highest BCUT2D eigenvalue weighted by Crippen LogP contribution is 2.43. The highest BCUT2D eigenvalue weighted by molar-refractivity contribution is 5.30. The van der Waals surface area contributed by atoms with Crippen LogP contribution in [0.4, 0.5) is 0 Å². The van der Waals surface area contributed by atoms with Crippen molar-refractivity contribution in [2.45, 2.75) is 66.3 Å². The molecule has 1 heterocycles. The van der Waals surface area contributed by atoms with Gasteiger partial charge in [0.2, 0.25) is 0 Å². The minimum absolute atomic E-state index is 0.0247. The Kier molecular flexibility index (Phi) is 5.74. The quantitative estimate of drug-likeness (QED) is 0.680. The Morgan fingerprint density at radius 1 is 1.17 bits per heavy atom. The summed E-state index contributed by atoms with van der Waals surface area (Å²) in [5, 5.41) is 0. The molecule has 0 N–H and O–H groups in total. The number of benzene rings is 1. The van der Waals surface area contributed by atoms with E-state index in [1.54, 1.807) is 0 Å². The maximum Gasteiger partial charge on any atom is 0.192 e. The van der Waals surface area contributed by atoms with Gasteiger partial charge in [-0.1, -0.05) is 41.0 Å². The first-order chi connectivity index (χ1) is 10.8. The molecule has 1 aliphatic rings. The Labute approximate surface area is 141 Å². The van der Waals surface area contributed by atoms with Crippen LogP contribution in [-0.2, 0) is 15.3 Å². The summed E-state index contributed by atoms with van der Waals surface area (Å²) < 4.78 is 18.3. The largest absolute Gasteiger partial charge is 0.494 e. The smallest absolute Gasteiger partial charge is 0.192 e. The topological polar surface area (TPSA) is 27.7 Å². The predicted octanol–water partition coefficient (Wildman–Crippen LogP) is 5.14. The van der Waals surface area contributed by atoms with Crippen molar-refractivity contribution >= 4 is 0 Å². The summed E-state index contributed by atoms with van der Waals surface area (Å²) in [6.07, 6.45) is 2.39. The van der Waals surface area contributed by atoms with E-state index in [4.69, 9.17) is 14.2 Å². The fraction of sp³-hybridized carbons (Fsp3) is 0.700. The third kappa shape index (κ3) is 4.27. The van der Waals surface area contributed by atoms with Crippen molar-refractivity contribution in [2.24, 2.45) is 11.3 Å². The summed E-state index contributed by atoms with van der Waals surface area (Å²) in [6, 6.07) is 8.12. The van der Waals surface area contributed by atoms with Crippen LogP contribution in [0.5, 0.6) is 5.75 Å². The van der Waals surface area contributed by atoms with Crippen molar-refractivity contribution in [3.8, 4) is 5.75 Å². The fourth-order valence-electron chi connectivity index (χ4n) is 3.22. The molecule has 2 unspecified atom stereocenters. The Morgan fingerprint density at radius 2 is 1.83 bits per heavy atom. The van der Waals surface area contributed by atoms with Gasteiger partial charge in [-0.3, -0.25) is 0 Å². The van der Waals surface area contributed by atoms with Crippen molar-refractivity contribution in [1.82, 2.24) is 0 Å². The van der Waals surface area contributed by atoms with Crippen LogP contribution in [0.15, 0.2) is 24.3 Å². The summed E-state index contributed by atoms with van der Waals surface area (Å²) >= 11 is 0. The summed E-state index contributed by atoms with van der Waals surface area (Å²) in [4.78, 5) is 0. The molecule has 130 valence electrons. The molecule has 1 aromatic carbocycles. The molecule has 1 aliphatic heterocycles. The zero-order valence-electron chi connectivity index (χ0n) is 15.5. The van der Waals surface area contributed by atoms with Gasteiger partial charge in [0, 0.05) is 11.0 Å². The highest BCUT2D eigenvalue weighted by atomic mass is 16.7. The van der Waals surface area contributed by atoms with E-state index < -0.39 is 5.79 Å². The van der Waals surface area contributed by atoms with Gasteiger partial charge in [-0.15, -0.1) is 0 Å². The first-order valence-corrected chi connectivity index (χ1v) is 8.83. The highest BCUT2D eigenvalue weighted by Gasteiger charge is 2.46. The van der Waals surface area contributed by atoms with Gasteiger partial charge < -0.3 is 14.2 Å². The second kappa shape index (κ2) is 7.23. The molecule has 3 nitrogen and oxygen atoms in total.